The normalized spacial score (nSPS) is 11.9. The molecule has 1 aromatic carbocycles. The molecule has 4 nitrogen and oxygen atoms in total. The second-order valence-corrected chi connectivity index (χ2v) is 4.72. The Morgan fingerprint density at radius 2 is 1.85 bits per heavy atom. The summed E-state index contributed by atoms with van der Waals surface area (Å²) in [5.74, 6) is 7.32. The van der Waals surface area contributed by atoms with Crippen molar-refractivity contribution in [2.75, 3.05) is 14.2 Å². The summed E-state index contributed by atoms with van der Waals surface area (Å²) < 4.78 is 10.9. The molecule has 0 aliphatic carbocycles. The fraction of sp³-hybridized carbons (Fsp3) is 0.500. The summed E-state index contributed by atoms with van der Waals surface area (Å²) in [6.07, 6.45) is 7.42. The Kier molecular flexibility index (Phi) is 7.77. The number of hydrazine groups is 1. The Morgan fingerprint density at radius 3 is 2.35 bits per heavy atom. The van der Waals surface area contributed by atoms with Crippen LogP contribution in [0.25, 0.3) is 0 Å². The first-order valence-electron chi connectivity index (χ1n) is 7.06. The van der Waals surface area contributed by atoms with Gasteiger partial charge in [-0.1, -0.05) is 25.0 Å². The van der Waals surface area contributed by atoms with E-state index in [2.05, 4.69) is 12.0 Å². The molecule has 1 atom stereocenters. The van der Waals surface area contributed by atoms with Crippen molar-refractivity contribution in [3.63, 3.8) is 0 Å². The van der Waals surface area contributed by atoms with Crippen molar-refractivity contribution < 1.29 is 9.47 Å². The van der Waals surface area contributed by atoms with Crippen LogP contribution in [0.2, 0.25) is 0 Å². The van der Waals surface area contributed by atoms with Gasteiger partial charge in [-0.15, -0.1) is 6.58 Å². The first-order valence-corrected chi connectivity index (χ1v) is 7.06. The Hall–Kier alpha value is -1.52. The van der Waals surface area contributed by atoms with Gasteiger partial charge in [0.25, 0.3) is 0 Å². The smallest absolute Gasteiger partial charge is 0.127 e. The maximum absolute atomic E-state index is 5.72. The Morgan fingerprint density at radius 1 is 1.20 bits per heavy atom. The third-order valence-electron chi connectivity index (χ3n) is 3.42. The van der Waals surface area contributed by atoms with E-state index in [1.54, 1.807) is 14.2 Å². The first-order chi connectivity index (χ1) is 9.78. The second kappa shape index (κ2) is 9.39. The van der Waals surface area contributed by atoms with Crippen LogP contribution in [0.4, 0.5) is 0 Å². The van der Waals surface area contributed by atoms with Crippen molar-refractivity contribution in [3.8, 4) is 11.5 Å². The number of unbranched alkanes of at least 4 members (excludes halogenated alkanes) is 3. The molecule has 1 rings (SSSR count). The molecule has 0 aliphatic heterocycles. The standard InChI is InChI=1S/C16H26N2O2/c1-4-5-6-7-8-10-13(18-17)16-14(19-2)11-9-12-15(16)20-3/h4,9,11-13,18H,1,5-8,10,17H2,2-3H3. The molecule has 0 saturated carbocycles. The average molecular weight is 278 g/mol. The molecular weight excluding hydrogens is 252 g/mol. The van der Waals surface area contributed by atoms with Crippen molar-refractivity contribution in [2.45, 2.75) is 38.1 Å². The number of nitrogens with two attached hydrogens (primary N) is 1. The van der Waals surface area contributed by atoms with Crippen LogP contribution in [0.5, 0.6) is 11.5 Å². The van der Waals surface area contributed by atoms with Crippen LogP contribution in [0.1, 0.15) is 43.7 Å². The van der Waals surface area contributed by atoms with Gasteiger partial charge in [0.05, 0.1) is 25.8 Å². The van der Waals surface area contributed by atoms with Crippen molar-refractivity contribution in [3.05, 3.63) is 36.4 Å². The van der Waals surface area contributed by atoms with Crippen LogP contribution in [0, 0.1) is 0 Å². The van der Waals surface area contributed by atoms with E-state index in [0.29, 0.717) is 0 Å². The zero-order valence-corrected chi connectivity index (χ0v) is 12.5. The molecule has 4 heteroatoms. The van der Waals surface area contributed by atoms with Crippen molar-refractivity contribution in [2.24, 2.45) is 5.84 Å². The highest BCUT2D eigenvalue weighted by atomic mass is 16.5. The predicted octanol–water partition coefficient (Wildman–Crippen LogP) is 3.34. The van der Waals surface area contributed by atoms with Gasteiger partial charge in [0, 0.05) is 0 Å². The number of hydrogen-bond donors (Lipinski definition) is 2. The van der Waals surface area contributed by atoms with Crippen LogP contribution < -0.4 is 20.7 Å². The molecule has 112 valence electrons. The summed E-state index contributed by atoms with van der Waals surface area (Å²) in [7, 11) is 3.33. The van der Waals surface area contributed by atoms with Crippen molar-refractivity contribution >= 4 is 0 Å². The third kappa shape index (κ3) is 4.54. The summed E-state index contributed by atoms with van der Waals surface area (Å²) >= 11 is 0. The number of allylic oxidation sites excluding steroid dienone is 1. The fourth-order valence-electron chi connectivity index (χ4n) is 2.35. The lowest BCUT2D eigenvalue weighted by molar-refractivity contribution is 0.364. The Labute approximate surface area is 121 Å². The molecule has 0 bridgehead atoms. The molecule has 3 N–H and O–H groups in total. The highest BCUT2D eigenvalue weighted by Gasteiger charge is 2.19. The van der Waals surface area contributed by atoms with Crippen molar-refractivity contribution in [1.29, 1.82) is 0 Å². The quantitative estimate of drug-likeness (QED) is 0.298. The van der Waals surface area contributed by atoms with E-state index in [1.807, 2.05) is 24.3 Å². The maximum atomic E-state index is 5.72. The maximum Gasteiger partial charge on any atom is 0.127 e. The number of hydrogen-bond acceptors (Lipinski definition) is 4. The zero-order chi connectivity index (χ0) is 14.8. The number of benzene rings is 1. The highest BCUT2D eigenvalue weighted by Crippen LogP contribution is 2.35. The summed E-state index contributed by atoms with van der Waals surface area (Å²) in [5, 5.41) is 0. The van der Waals surface area contributed by atoms with Gasteiger partial charge in [-0.2, -0.15) is 0 Å². The fourth-order valence-corrected chi connectivity index (χ4v) is 2.35. The molecule has 0 heterocycles. The summed E-state index contributed by atoms with van der Waals surface area (Å²) in [6.45, 7) is 3.74. The van der Waals surface area contributed by atoms with E-state index in [0.717, 1.165) is 36.3 Å². The average Bonchev–Trinajstić information content (AvgIpc) is 2.50. The predicted molar refractivity (Wildman–Crippen MR) is 82.9 cm³/mol. The topological polar surface area (TPSA) is 56.5 Å². The van der Waals surface area contributed by atoms with E-state index in [-0.39, 0.29) is 6.04 Å². The van der Waals surface area contributed by atoms with Crippen LogP contribution >= 0.6 is 0 Å². The van der Waals surface area contributed by atoms with Crippen LogP contribution in [0.15, 0.2) is 30.9 Å². The highest BCUT2D eigenvalue weighted by molar-refractivity contribution is 5.46. The van der Waals surface area contributed by atoms with Gasteiger partial charge in [-0.3, -0.25) is 11.3 Å². The number of rotatable bonds is 10. The molecule has 0 aliphatic rings. The van der Waals surface area contributed by atoms with E-state index in [9.17, 15) is 0 Å². The van der Waals surface area contributed by atoms with E-state index >= 15 is 0 Å². The Balaban J connectivity index is 2.75. The van der Waals surface area contributed by atoms with Gasteiger partial charge in [-0.25, -0.2) is 0 Å². The second-order valence-electron chi connectivity index (χ2n) is 4.72. The molecule has 1 unspecified atom stereocenters. The number of nitrogens with one attached hydrogen (secondary N) is 1. The lowest BCUT2D eigenvalue weighted by Gasteiger charge is -2.21. The number of ether oxygens (including phenoxy) is 2. The molecule has 0 radical (unpaired) electrons. The van der Waals surface area contributed by atoms with Crippen LogP contribution in [-0.4, -0.2) is 14.2 Å². The molecule has 0 spiro atoms. The summed E-state index contributed by atoms with van der Waals surface area (Å²) in [5.41, 5.74) is 3.87. The molecule has 0 fully saturated rings. The van der Waals surface area contributed by atoms with E-state index < -0.39 is 0 Å². The van der Waals surface area contributed by atoms with Crippen LogP contribution in [0.3, 0.4) is 0 Å². The Bertz CT molecular complexity index is 385. The van der Waals surface area contributed by atoms with E-state index in [4.69, 9.17) is 15.3 Å². The minimum Gasteiger partial charge on any atom is -0.496 e. The van der Waals surface area contributed by atoms with Gasteiger partial charge < -0.3 is 9.47 Å². The lowest BCUT2D eigenvalue weighted by atomic mass is 9.98. The SMILES string of the molecule is C=CCCCCCC(NN)c1c(OC)cccc1OC. The molecule has 0 amide bonds. The lowest BCUT2D eigenvalue weighted by Crippen LogP contribution is -2.28. The largest absolute Gasteiger partial charge is 0.496 e. The molecular formula is C16H26N2O2. The first kappa shape index (κ1) is 16.5. The van der Waals surface area contributed by atoms with E-state index in [1.165, 1.54) is 12.8 Å². The monoisotopic (exact) mass is 278 g/mol. The molecule has 0 aromatic heterocycles. The summed E-state index contributed by atoms with van der Waals surface area (Å²) in [6, 6.07) is 5.81. The zero-order valence-electron chi connectivity index (χ0n) is 12.5. The minimum atomic E-state index is 0.0323. The minimum absolute atomic E-state index is 0.0323. The molecule has 0 saturated heterocycles. The molecule has 20 heavy (non-hydrogen) atoms. The van der Waals surface area contributed by atoms with Crippen molar-refractivity contribution in [1.82, 2.24) is 5.43 Å². The number of methoxy groups -OCH3 is 2. The summed E-state index contributed by atoms with van der Waals surface area (Å²) in [4.78, 5) is 0. The van der Waals surface area contributed by atoms with Gasteiger partial charge in [0.1, 0.15) is 11.5 Å². The van der Waals surface area contributed by atoms with Crippen LogP contribution in [-0.2, 0) is 0 Å². The van der Waals surface area contributed by atoms with Gasteiger partial charge >= 0.3 is 0 Å². The van der Waals surface area contributed by atoms with Gasteiger partial charge in [0.2, 0.25) is 0 Å². The van der Waals surface area contributed by atoms with Gasteiger partial charge in [-0.05, 0) is 31.4 Å². The van der Waals surface area contributed by atoms with Gasteiger partial charge in [0.15, 0.2) is 0 Å². The molecule has 1 aromatic rings. The third-order valence-corrected chi connectivity index (χ3v) is 3.42.